The molecule has 0 saturated carbocycles. The fraction of sp³-hybridized carbons (Fsp3) is 0.261. The highest BCUT2D eigenvalue weighted by Gasteiger charge is 2.10. The van der Waals surface area contributed by atoms with Crippen LogP contribution in [-0.4, -0.2) is 23.0 Å². The number of amides is 1. The minimum absolute atomic E-state index is 0.108. The number of methoxy groups -OCH3 is 1. The van der Waals surface area contributed by atoms with Crippen LogP contribution in [0.15, 0.2) is 54.7 Å². The number of nitrogens with zero attached hydrogens (tertiary/aromatic N) is 2. The number of hydrogen-bond acceptors (Lipinski definition) is 4. The van der Waals surface area contributed by atoms with E-state index in [0.717, 1.165) is 22.6 Å². The fourth-order valence-electron chi connectivity index (χ4n) is 2.57. The molecule has 1 aromatic heterocycles. The predicted octanol–water partition coefficient (Wildman–Crippen LogP) is 4.98. The molecule has 146 valence electrons. The molecule has 0 saturated heterocycles. The Labute approximate surface area is 166 Å². The zero-order chi connectivity index (χ0) is 20.5. The molecule has 0 aliphatic heterocycles. The first kappa shape index (κ1) is 21.1. The Morgan fingerprint density at radius 2 is 1.64 bits per heavy atom. The first-order valence-corrected chi connectivity index (χ1v) is 9.38. The second kappa shape index (κ2) is 10.2. The van der Waals surface area contributed by atoms with Crippen LogP contribution >= 0.6 is 0 Å². The van der Waals surface area contributed by atoms with Gasteiger partial charge in [0.25, 0.3) is 0 Å². The number of aromatic nitrogens is 2. The van der Waals surface area contributed by atoms with Crippen molar-refractivity contribution in [1.82, 2.24) is 9.97 Å². The van der Waals surface area contributed by atoms with Crippen molar-refractivity contribution in [1.29, 1.82) is 0 Å². The molecule has 0 unspecified atom stereocenters. The molecule has 3 aromatic rings. The fourth-order valence-corrected chi connectivity index (χ4v) is 2.57. The zero-order valence-corrected chi connectivity index (χ0v) is 17.1. The number of carbonyl (C=O) groups is 1. The number of rotatable bonds is 5. The van der Waals surface area contributed by atoms with Crippen LogP contribution in [-0.2, 0) is 11.2 Å². The van der Waals surface area contributed by atoms with Crippen molar-refractivity contribution in [3.05, 3.63) is 71.5 Å². The Hall–Kier alpha value is -3.21. The highest BCUT2D eigenvalue weighted by atomic mass is 16.5. The van der Waals surface area contributed by atoms with E-state index >= 15 is 0 Å². The Morgan fingerprint density at radius 1 is 1.00 bits per heavy atom. The maximum Gasteiger partial charge on any atom is 0.229 e. The topological polar surface area (TPSA) is 64.1 Å². The largest absolute Gasteiger partial charge is 0.497 e. The van der Waals surface area contributed by atoms with Crippen molar-refractivity contribution in [3.8, 4) is 17.0 Å². The second-order valence-electron chi connectivity index (χ2n) is 6.13. The van der Waals surface area contributed by atoms with Gasteiger partial charge in [-0.3, -0.25) is 4.79 Å². The van der Waals surface area contributed by atoms with Crippen molar-refractivity contribution in [3.63, 3.8) is 0 Å². The average Bonchev–Trinajstić information content (AvgIpc) is 2.73. The van der Waals surface area contributed by atoms with E-state index in [1.54, 1.807) is 13.3 Å². The summed E-state index contributed by atoms with van der Waals surface area (Å²) in [7, 11) is 1.63. The van der Waals surface area contributed by atoms with Crippen molar-refractivity contribution in [2.24, 2.45) is 0 Å². The minimum Gasteiger partial charge on any atom is -0.497 e. The van der Waals surface area contributed by atoms with Gasteiger partial charge in [0.2, 0.25) is 5.91 Å². The van der Waals surface area contributed by atoms with E-state index in [9.17, 15) is 4.79 Å². The van der Waals surface area contributed by atoms with Gasteiger partial charge in [-0.25, -0.2) is 9.97 Å². The van der Waals surface area contributed by atoms with Gasteiger partial charge in [-0.15, -0.1) is 0 Å². The van der Waals surface area contributed by atoms with Crippen LogP contribution < -0.4 is 10.1 Å². The van der Waals surface area contributed by atoms with Crippen molar-refractivity contribution >= 4 is 11.7 Å². The number of anilines is 1. The summed E-state index contributed by atoms with van der Waals surface area (Å²) in [5.74, 6) is 1.17. The van der Waals surface area contributed by atoms with E-state index in [4.69, 9.17) is 4.74 Å². The standard InChI is InChI=1S/C21H21N3O2.C2H6/c1-14-4-6-16(7-5-14)12-20(25)24-21-15(2)23-19(13-22-21)17-8-10-18(26-3)11-9-17;1-2/h4-11,13H,12H2,1-3H3,(H,22,24,25);1-2H3. The molecule has 1 heterocycles. The Morgan fingerprint density at radius 3 is 2.21 bits per heavy atom. The summed E-state index contributed by atoms with van der Waals surface area (Å²) in [6, 6.07) is 15.5. The van der Waals surface area contributed by atoms with E-state index in [0.29, 0.717) is 17.9 Å². The van der Waals surface area contributed by atoms with Gasteiger partial charge in [0, 0.05) is 5.56 Å². The molecule has 3 rings (SSSR count). The zero-order valence-electron chi connectivity index (χ0n) is 17.1. The molecule has 0 fully saturated rings. The SMILES string of the molecule is CC.COc1ccc(-c2cnc(NC(=O)Cc3ccc(C)cc3)c(C)n2)cc1. The lowest BCUT2D eigenvalue weighted by atomic mass is 10.1. The third kappa shape index (κ3) is 5.64. The van der Waals surface area contributed by atoms with Gasteiger partial charge in [0.15, 0.2) is 5.82 Å². The van der Waals surface area contributed by atoms with Gasteiger partial charge in [-0.05, 0) is 43.7 Å². The molecule has 5 nitrogen and oxygen atoms in total. The number of nitrogens with one attached hydrogen (secondary N) is 1. The average molecular weight is 377 g/mol. The quantitative estimate of drug-likeness (QED) is 0.681. The minimum atomic E-state index is -0.108. The summed E-state index contributed by atoms with van der Waals surface area (Å²) in [6.45, 7) is 7.86. The highest BCUT2D eigenvalue weighted by molar-refractivity contribution is 5.91. The van der Waals surface area contributed by atoms with Crippen LogP contribution in [0.2, 0.25) is 0 Å². The predicted molar refractivity (Wildman–Crippen MR) is 114 cm³/mol. The number of benzene rings is 2. The van der Waals surface area contributed by atoms with Crippen LogP contribution in [0.3, 0.4) is 0 Å². The number of aryl methyl sites for hydroxylation is 2. The number of hydrogen-bond donors (Lipinski definition) is 1. The van der Waals surface area contributed by atoms with E-state index < -0.39 is 0 Å². The second-order valence-corrected chi connectivity index (χ2v) is 6.13. The van der Waals surface area contributed by atoms with Crippen LogP contribution in [0.5, 0.6) is 5.75 Å². The monoisotopic (exact) mass is 377 g/mol. The summed E-state index contributed by atoms with van der Waals surface area (Å²) in [5, 5.41) is 2.84. The molecule has 0 radical (unpaired) electrons. The van der Waals surface area contributed by atoms with Gasteiger partial charge in [0.05, 0.1) is 31.1 Å². The third-order valence-corrected chi connectivity index (χ3v) is 4.08. The van der Waals surface area contributed by atoms with Crippen molar-refractivity contribution < 1.29 is 9.53 Å². The molecule has 0 aliphatic rings. The van der Waals surface area contributed by atoms with Gasteiger partial charge < -0.3 is 10.1 Å². The lowest BCUT2D eigenvalue weighted by molar-refractivity contribution is -0.115. The lowest BCUT2D eigenvalue weighted by Gasteiger charge is -2.09. The van der Waals surface area contributed by atoms with E-state index in [1.807, 2.05) is 76.2 Å². The molecule has 0 atom stereocenters. The first-order chi connectivity index (χ1) is 13.5. The molecule has 2 aromatic carbocycles. The molecule has 28 heavy (non-hydrogen) atoms. The molecule has 0 aliphatic carbocycles. The Bertz CT molecular complexity index is 904. The van der Waals surface area contributed by atoms with E-state index in [1.165, 1.54) is 5.56 Å². The highest BCUT2D eigenvalue weighted by Crippen LogP contribution is 2.22. The smallest absolute Gasteiger partial charge is 0.229 e. The molecule has 5 heteroatoms. The Kier molecular flexibility index (Phi) is 7.69. The lowest BCUT2D eigenvalue weighted by Crippen LogP contribution is -2.16. The first-order valence-electron chi connectivity index (χ1n) is 9.38. The summed E-state index contributed by atoms with van der Waals surface area (Å²) < 4.78 is 5.16. The maximum atomic E-state index is 12.3. The number of carbonyl (C=O) groups excluding carboxylic acids is 1. The number of ether oxygens (including phenoxy) is 1. The molecule has 0 spiro atoms. The summed E-state index contributed by atoms with van der Waals surface area (Å²) in [4.78, 5) is 21.2. The summed E-state index contributed by atoms with van der Waals surface area (Å²) in [5.41, 5.74) is 4.51. The third-order valence-electron chi connectivity index (χ3n) is 4.08. The van der Waals surface area contributed by atoms with Crippen LogP contribution in [0.1, 0.15) is 30.7 Å². The molecule has 0 bridgehead atoms. The van der Waals surface area contributed by atoms with Crippen LogP contribution in [0, 0.1) is 13.8 Å². The van der Waals surface area contributed by atoms with Gasteiger partial charge >= 0.3 is 0 Å². The molecule has 1 N–H and O–H groups in total. The molecular formula is C23H27N3O2. The molecular weight excluding hydrogens is 350 g/mol. The van der Waals surface area contributed by atoms with Crippen molar-refractivity contribution in [2.75, 3.05) is 12.4 Å². The van der Waals surface area contributed by atoms with Gasteiger partial charge in [-0.2, -0.15) is 0 Å². The summed E-state index contributed by atoms with van der Waals surface area (Å²) >= 11 is 0. The van der Waals surface area contributed by atoms with Crippen molar-refractivity contribution in [2.45, 2.75) is 34.1 Å². The Balaban J connectivity index is 0.00000136. The normalized spacial score (nSPS) is 9.89. The summed E-state index contributed by atoms with van der Waals surface area (Å²) in [6.07, 6.45) is 1.97. The van der Waals surface area contributed by atoms with Gasteiger partial charge in [-0.1, -0.05) is 43.7 Å². The van der Waals surface area contributed by atoms with Crippen LogP contribution in [0.25, 0.3) is 11.3 Å². The maximum absolute atomic E-state index is 12.3. The van der Waals surface area contributed by atoms with Crippen LogP contribution in [0.4, 0.5) is 5.82 Å². The van der Waals surface area contributed by atoms with E-state index in [2.05, 4.69) is 15.3 Å². The van der Waals surface area contributed by atoms with E-state index in [-0.39, 0.29) is 5.91 Å². The molecule has 1 amide bonds. The van der Waals surface area contributed by atoms with Gasteiger partial charge in [0.1, 0.15) is 5.75 Å².